The number of hydrogen-bond acceptors (Lipinski definition) is 7. The summed E-state index contributed by atoms with van der Waals surface area (Å²) in [6, 6.07) is 4.80. The summed E-state index contributed by atoms with van der Waals surface area (Å²) in [6.07, 6.45) is 4.72. The molecule has 2 aliphatic rings. The fourth-order valence-electron chi connectivity index (χ4n) is 4.62. The zero-order valence-electron chi connectivity index (χ0n) is 17.6. The third-order valence-electron chi connectivity index (χ3n) is 6.33. The summed E-state index contributed by atoms with van der Waals surface area (Å²) in [7, 11) is 0. The molecule has 0 saturated carbocycles. The Morgan fingerprint density at radius 1 is 1.29 bits per heavy atom. The molecule has 4 unspecified atom stereocenters. The quantitative estimate of drug-likeness (QED) is 0.672. The van der Waals surface area contributed by atoms with Crippen molar-refractivity contribution in [2.24, 2.45) is 11.1 Å². The number of hydrogen-bond donors (Lipinski definition) is 1. The van der Waals surface area contributed by atoms with E-state index in [-0.39, 0.29) is 23.9 Å². The first-order chi connectivity index (χ1) is 14.8. The summed E-state index contributed by atoms with van der Waals surface area (Å²) in [5, 5.41) is 0. The number of anilines is 1. The Bertz CT molecular complexity index is 929. The van der Waals surface area contributed by atoms with Crippen LogP contribution in [0.5, 0.6) is 5.75 Å². The SMILES string of the molecule is CC(C)(CN1CCC2C1C(Oc1ccc(F)c(F)c1)CN2c1ncccn1)C(N)C=O. The van der Waals surface area contributed by atoms with Crippen LogP contribution in [0.1, 0.15) is 20.3 Å². The minimum Gasteiger partial charge on any atom is -0.487 e. The average Bonchev–Trinajstić information content (AvgIpc) is 3.32. The molecule has 2 aliphatic heterocycles. The van der Waals surface area contributed by atoms with Crippen molar-refractivity contribution in [3.05, 3.63) is 48.3 Å². The number of benzene rings is 1. The Kier molecular flexibility index (Phi) is 5.90. The lowest BCUT2D eigenvalue weighted by Crippen LogP contribution is -2.51. The molecule has 7 nitrogen and oxygen atoms in total. The fourth-order valence-corrected chi connectivity index (χ4v) is 4.62. The third kappa shape index (κ3) is 4.24. The molecular weight excluding hydrogens is 404 g/mol. The molecule has 0 amide bonds. The highest BCUT2D eigenvalue weighted by molar-refractivity contribution is 5.58. The summed E-state index contributed by atoms with van der Waals surface area (Å²) in [4.78, 5) is 24.5. The van der Waals surface area contributed by atoms with E-state index in [1.165, 1.54) is 6.07 Å². The molecular formula is C22H27F2N5O2. The maximum atomic E-state index is 13.7. The number of fused-ring (bicyclic) bond motifs is 1. The lowest BCUT2D eigenvalue weighted by molar-refractivity contribution is -0.111. The van der Waals surface area contributed by atoms with Gasteiger partial charge in [0.25, 0.3) is 0 Å². The Morgan fingerprint density at radius 3 is 2.71 bits per heavy atom. The van der Waals surface area contributed by atoms with Crippen LogP contribution in [0.25, 0.3) is 0 Å². The maximum Gasteiger partial charge on any atom is 0.225 e. The second-order valence-electron chi connectivity index (χ2n) is 8.90. The van der Waals surface area contributed by atoms with Crippen molar-refractivity contribution in [1.29, 1.82) is 0 Å². The van der Waals surface area contributed by atoms with E-state index in [1.54, 1.807) is 18.5 Å². The van der Waals surface area contributed by atoms with Crippen LogP contribution in [0.3, 0.4) is 0 Å². The molecule has 2 saturated heterocycles. The van der Waals surface area contributed by atoms with E-state index >= 15 is 0 Å². The van der Waals surface area contributed by atoms with E-state index in [0.29, 0.717) is 19.0 Å². The van der Waals surface area contributed by atoms with Gasteiger partial charge in [-0.25, -0.2) is 18.7 Å². The number of ether oxygens (including phenoxy) is 1. The topological polar surface area (TPSA) is 84.6 Å². The summed E-state index contributed by atoms with van der Waals surface area (Å²) in [5.74, 6) is -0.978. The molecule has 4 rings (SSSR count). The number of nitrogens with zero attached hydrogens (tertiary/aromatic N) is 4. The monoisotopic (exact) mass is 431 g/mol. The molecule has 2 aromatic rings. The number of likely N-dealkylation sites (tertiary alicyclic amines) is 1. The Balaban J connectivity index is 1.61. The molecule has 1 aromatic carbocycles. The number of aldehydes is 1. The van der Waals surface area contributed by atoms with Crippen molar-refractivity contribution in [1.82, 2.24) is 14.9 Å². The van der Waals surface area contributed by atoms with E-state index in [2.05, 4.69) is 19.8 Å². The number of nitrogens with two attached hydrogens (primary N) is 1. The van der Waals surface area contributed by atoms with Gasteiger partial charge >= 0.3 is 0 Å². The fraction of sp³-hybridized carbons (Fsp3) is 0.500. The zero-order valence-corrected chi connectivity index (χ0v) is 17.6. The minimum absolute atomic E-state index is 0.0324. The van der Waals surface area contributed by atoms with Crippen molar-refractivity contribution >= 4 is 12.2 Å². The Labute approximate surface area is 180 Å². The lowest BCUT2D eigenvalue weighted by atomic mass is 9.84. The predicted molar refractivity (Wildman–Crippen MR) is 112 cm³/mol. The number of aromatic nitrogens is 2. The largest absolute Gasteiger partial charge is 0.487 e. The summed E-state index contributed by atoms with van der Waals surface area (Å²) in [5.41, 5.74) is 5.61. The zero-order chi connectivity index (χ0) is 22.2. The highest BCUT2D eigenvalue weighted by Crippen LogP contribution is 2.37. The summed E-state index contributed by atoms with van der Waals surface area (Å²) < 4.78 is 33.3. The van der Waals surface area contributed by atoms with Crippen molar-refractivity contribution < 1.29 is 18.3 Å². The average molecular weight is 431 g/mol. The molecule has 31 heavy (non-hydrogen) atoms. The molecule has 0 aliphatic carbocycles. The molecule has 166 valence electrons. The molecule has 0 radical (unpaired) electrons. The Hall–Kier alpha value is -2.65. The number of carbonyl (C=O) groups excluding carboxylic acids is 1. The van der Waals surface area contributed by atoms with E-state index < -0.39 is 23.1 Å². The standard InChI is InChI=1S/C22H27F2N5O2/c1-22(2,19(25)12-30)13-28-9-6-17-20(28)18(11-29(17)21-26-7-3-8-27-21)31-14-4-5-15(23)16(24)10-14/h3-5,7-8,10,12,17-20H,6,9,11,13,25H2,1-2H3. The van der Waals surface area contributed by atoms with Gasteiger partial charge in [0, 0.05) is 31.5 Å². The van der Waals surface area contributed by atoms with Crippen LogP contribution in [0.4, 0.5) is 14.7 Å². The molecule has 9 heteroatoms. The van der Waals surface area contributed by atoms with E-state index in [4.69, 9.17) is 10.5 Å². The minimum atomic E-state index is -0.948. The van der Waals surface area contributed by atoms with Crippen LogP contribution in [0.2, 0.25) is 0 Å². The van der Waals surface area contributed by atoms with Gasteiger partial charge in [0.1, 0.15) is 18.1 Å². The van der Waals surface area contributed by atoms with Crippen LogP contribution in [-0.4, -0.2) is 65.0 Å². The molecule has 1 aromatic heterocycles. The van der Waals surface area contributed by atoms with E-state index in [9.17, 15) is 13.6 Å². The number of halogens is 2. The summed E-state index contributed by atoms with van der Waals surface area (Å²) in [6.45, 7) is 5.85. The van der Waals surface area contributed by atoms with Crippen LogP contribution in [0.15, 0.2) is 36.7 Å². The van der Waals surface area contributed by atoms with Gasteiger partial charge in [0.15, 0.2) is 11.6 Å². The van der Waals surface area contributed by atoms with Gasteiger partial charge in [-0.15, -0.1) is 0 Å². The molecule has 2 fully saturated rings. The van der Waals surface area contributed by atoms with Gasteiger partial charge in [-0.2, -0.15) is 0 Å². The van der Waals surface area contributed by atoms with Gasteiger partial charge in [-0.3, -0.25) is 4.90 Å². The Morgan fingerprint density at radius 2 is 2.03 bits per heavy atom. The second kappa shape index (κ2) is 8.47. The van der Waals surface area contributed by atoms with Crippen molar-refractivity contribution in [3.8, 4) is 5.75 Å². The van der Waals surface area contributed by atoms with Gasteiger partial charge in [0.05, 0.1) is 24.7 Å². The normalized spacial score (nSPS) is 24.8. The van der Waals surface area contributed by atoms with Gasteiger partial charge < -0.3 is 20.2 Å². The predicted octanol–water partition coefficient (Wildman–Crippen LogP) is 2.02. The first-order valence-corrected chi connectivity index (χ1v) is 10.4. The van der Waals surface area contributed by atoms with Gasteiger partial charge in [-0.05, 0) is 30.0 Å². The second-order valence-corrected chi connectivity index (χ2v) is 8.90. The molecule has 0 spiro atoms. The maximum absolute atomic E-state index is 13.7. The van der Waals surface area contributed by atoms with Gasteiger partial charge in [-0.1, -0.05) is 13.8 Å². The smallest absolute Gasteiger partial charge is 0.225 e. The lowest BCUT2D eigenvalue weighted by Gasteiger charge is -2.37. The molecule has 3 heterocycles. The number of rotatable bonds is 7. The molecule has 0 bridgehead atoms. The summed E-state index contributed by atoms with van der Waals surface area (Å²) >= 11 is 0. The van der Waals surface area contributed by atoms with Crippen LogP contribution < -0.4 is 15.4 Å². The van der Waals surface area contributed by atoms with Crippen molar-refractivity contribution in [2.75, 3.05) is 24.5 Å². The number of carbonyl (C=O) groups is 1. The van der Waals surface area contributed by atoms with Gasteiger partial charge in [0.2, 0.25) is 5.95 Å². The van der Waals surface area contributed by atoms with E-state index in [1.807, 2.05) is 13.8 Å². The first kappa shape index (κ1) is 21.6. The van der Waals surface area contributed by atoms with Crippen molar-refractivity contribution in [2.45, 2.75) is 44.5 Å². The molecule has 2 N–H and O–H groups in total. The van der Waals surface area contributed by atoms with Crippen LogP contribution in [-0.2, 0) is 4.79 Å². The van der Waals surface area contributed by atoms with Crippen molar-refractivity contribution in [3.63, 3.8) is 0 Å². The highest BCUT2D eigenvalue weighted by atomic mass is 19.2. The highest BCUT2D eigenvalue weighted by Gasteiger charge is 2.52. The first-order valence-electron chi connectivity index (χ1n) is 10.4. The molecule has 4 atom stereocenters. The van der Waals surface area contributed by atoms with Crippen LogP contribution >= 0.6 is 0 Å². The van der Waals surface area contributed by atoms with Crippen LogP contribution in [0, 0.1) is 17.0 Å². The third-order valence-corrected chi connectivity index (χ3v) is 6.33. The van der Waals surface area contributed by atoms with E-state index in [0.717, 1.165) is 31.4 Å².